The van der Waals surface area contributed by atoms with Crippen LogP contribution in [-0.2, 0) is 12.8 Å². The fourth-order valence-corrected chi connectivity index (χ4v) is 6.39. The summed E-state index contributed by atoms with van der Waals surface area (Å²) in [5.41, 5.74) is 3.69. The maximum Gasteiger partial charge on any atom is 0.126 e. The lowest BCUT2D eigenvalue weighted by Crippen LogP contribution is -2.16. The van der Waals surface area contributed by atoms with Gasteiger partial charge in [0, 0.05) is 0 Å². The van der Waals surface area contributed by atoms with Crippen LogP contribution in [0.25, 0.3) is 0 Å². The Morgan fingerprint density at radius 3 is 2.09 bits per heavy atom. The molecule has 2 aliphatic rings. The molecule has 1 aromatic rings. The molecule has 1 aromatic carbocycles. The summed E-state index contributed by atoms with van der Waals surface area (Å²) in [5, 5.41) is 0. The van der Waals surface area contributed by atoms with Gasteiger partial charge in [0.05, 0.1) is 0 Å². The molecule has 2 aliphatic carbocycles. The Hall–Kier alpha value is -1.11. The van der Waals surface area contributed by atoms with Crippen molar-refractivity contribution in [3.63, 3.8) is 0 Å². The van der Waals surface area contributed by atoms with Crippen molar-refractivity contribution in [3.8, 4) is 0 Å². The molecule has 1 unspecified atom stereocenters. The Morgan fingerprint density at radius 2 is 1.41 bits per heavy atom. The maximum atomic E-state index is 14.5. The molecule has 0 aromatic heterocycles. The Bertz CT molecular complexity index is 709. The number of benzene rings is 1. The Balaban J connectivity index is 1.30. The van der Waals surface area contributed by atoms with Crippen molar-refractivity contribution in [2.75, 3.05) is 0 Å². The molecular formula is C33H53F. The van der Waals surface area contributed by atoms with Gasteiger partial charge in [0.25, 0.3) is 0 Å². The fraction of sp³-hybridized carbons (Fsp3) is 0.758. The van der Waals surface area contributed by atoms with Crippen LogP contribution in [0.2, 0.25) is 0 Å². The second-order valence-corrected chi connectivity index (χ2v) is 11.7. The van der Waals surface area contributed by atoms with Crippen molar-refractivity contribution in [1.29, 1.82) is 0 Å². The van der Waals surface area contributed by atoms with E-state index in [2.05, 4.69) is 26.0 Å². The zero-order valence-corrected chi connectivity index (χ0v) is 22.6. The van der Waals surface area contributed by atoms with Crippen molar-refractivity contribution in [2.24, 2.45) is 17.8 Å². The normalized spacial score (nSPS) is 23.1. The first-order valence-corrected chi connectivity index (χ1v) is 15.1. The minimum atomic E-state index is 0.0154. The summed E-state index contributed by atoms with van der Waals surface area (Å²) in [6.07, 6.45) is 28.9. The van der Waals surface area contributed by atoms with Crippen LogP contribution in [0.5, 0.6) is 0 Å². The average molecular weight is 469 g/mol. The van der Waals surface area contributed by atoms with Crippen LogP contribution in [0.3, 0.4) is 0 Å². The van der Waals surface area contributed by atoms with E-state index < -0.39 is 0 Å². The molecule has 0 radical (unpaired) electrons. The predicted molar refractivity (Wildman–Crippen MR) is 147 cm³/mol. The highest BCUT2D eigenvalue weighted by atomic mass is 19.1. The smallest absolute Gasteiger partial charge is 0.126 e. The molecule has 0 heterocycles. The van der Waals surface area contributed by atoms with Crippen molar-refractivity contribution in [2.45, 2.75) is 142 Å². The van der Waals surface area contributed by atoms with Gasteiger partial charge in [-0.25, -0.2) is 4.39 Å². The second-order valence-electron chi connectivity index (χ2n) is 11.7. The van der Waals surface area contributed by atoms with E-state index in [-0.39, 0.29) is 5.82 Å². The number of hydrogen-bond donors (Lipinski definition) is 0. The number of unbranched alkanes of at least 4 members (excludes halogenated alkanes) is 5. The number of aryl methyl sites for hydroxylation is 2. The number of halogens is 1. The minimum Gasteiger partial charge on any atom is -0.207 e. The van der Waals surface area contributed by atoms with E-state index >= 15 is 0 Å². The predicted octanol–water partition coefficient (Wildman–Crippen LogP) is 10.8. The van der Waals surface area contributed by atoms with Gasteiger partial charge in [0.2, 0.25) is 0 Å². The number of rotatable bonds is 15. The molecule has 0 bridgehead atoms. The standard InChI is InChI=1S/C33H53F/c1-3-5-7-9-11-32-25-24-31(26-33(32)34)23-22-30-20-18-29(19-21-30)17-16-28-14-12-27(13-15-28)10-8-6-4-2/h20,24-29H,3-19,21-23H2,1-2H3/t27-,28-,29?. The first-order chi connectivity index (χ1) is 16.7. The van der Waals surface area contributed by atoms with E-state index in [1.165, 1.54) is 108 Å². The Kier molecular flexibility index (Phi) is 12.8. The summed E-state index contributed by atoms with van der Waals surface area (Å²) in [4.78, 5) is 0. The first-order valence-electron chi connectivity index (χ1n) is 15.1. The third-order valence-electron chi connectivity index (χ3n) is 8.93. The van der Waals surface area contributed by atoms with E-state index in [1.807, 2.05) is 6.07 Å². The Morgan fingerprint density at radius 1 is 0.706 bits per heavy atom. The molecule has 1 fully saturated rings. The molecule has 1 atom stereocenters. The van der Waals surface area contributed by atoms with E-state index in [0.29, 0.717) is 0 Å². The lowest BCUT2D eigenvalue weighted by atomic mass is 9.76. The van der Waals surface area contributed by atoms with Crippen molar-refractivity contribution in [1.82, 2.24) is 0 Å². The van der Waals surface area contributed by atoms with Gasteiger partial charge >= 0.3 is 0 Å². The lowest BCUT2D eigenvalue weighted by molar-refractivity contribution is 0.234. The van der Waals surface area contributed by atoms with Gasteiger partial charge in [-0.3, -0.25) is 0 Å². The SMILES string of the molecule is CCCCCCc1ccc(CCC2=CCC(CC[C@H]3CC[C@H](CCCCC)CC3)CC2)cc1F. The van der Waals surface area contributed by atoms with Crippen LogP contribution in [0, 0.1) is 23.6 Å². The third-order valence-corrected chi connectivity index (χ3v) is 8.93. The fourth-order valence-electron chi connectivity index (χ4n) is 6.39. The molecule has 3 rings (SSSR count). The lowest BCUT2D eigenvalue weighted by Gasteiger charge is -2.30. The summed E-state index contributed by atoms with van der Waals surface area (Å²) in [6.45, 7) is 4.54. The van der Waals surface area contributed by atoms with Gasteiger partial charge in [-0.05, 0) is 86.3 Å². The highest BCUT2D eigenvalue weighted by Crippen LogP contribution is 2.37. The first kappa shape index (κ1) is 27.5. The molecule has 0 nitrogen and oxygen atoms in total. The summed E-state index contributed by atoms with van der Waals surface area (Å²) < 4.78 is 14.5. The van der Waals surface area contributed by atoms with E-state index in [9.17, 15) is 4.39 Å². The molecular weight excluding hydrogens is 415 g/mol. The van der Waals surface area contributed by atoms with E-state index in [1.54, 1.807) is 11.6 Å². The summed E-state index contributed by atoms with van der Waals surface area (Å²) in [6, 6.07) is 6.02. The Labute approximate surface area is 211 Å². The van der Waals surface area contributed by atoms with Crippen LogP contribution in [-0.4, -0.2) is 0 Å². The van der Waals surface area contributed by atoms with Crippen LogP contribution in [0.1, 0.15) is 141 Å². The van der Waals surface area contributed by atoms with Gasteiger partial charge in [0.1, 0.15) is 5.82 Å². The third kappa shape index (κ3) is 9.87. The molecule has 34 heavy (non-hydrogen) atoms. The van der Waals surface area contributed by atoms with Crippen LogP contribution in [0.15, 0.2) is 29.8 Å². The molecule has 0 amide bonds. The zero-order chi connectivity index (χ0) is 24.0. The topological polar surface area (TPSA) is 0 Å². The van der Waals surface area contributed by atoms with Crippen LogP contribution in [0.4, 0.5) is 4.39 Å². The van der Waals surface area contributed by atoms with Crippen molar-refractivity contribution >= 4 is 0 Å². The molecule has 1 heteroatoms. The minimum absolute atomic E-state index is 0.0154. The summed E-state index contributed by atoms with van der Waals surface area (Å²) in [5.74, 6) is 2.98. The number of allylic oxidation sites excluding steroid dienone is 2. The average Bonchev–Trinajstić information content (AvgIpc) is 2.86. The quantitative estimate of drug-likeness (QED) is 0.177. The zero-order valence-electron chi connectivity index (χ0n) is 22.6. The second kappa shape index (κ2) is 15.8. The van der Waals surface area contributed by atoms with Gasteiger partial charge < -0.3 is 0 Å². The summed E-state index contributed by atoms with van der Waals surface area (Å²) >= 11 is 0. The van der Waals surface area contributed by atoms with Crippen molar-refractivity contribution < 1.29 is 4.39 Å². The monoisotopic (exact) mass is 468 g/mol. The molecule has 0 aliphatic heterocycles. The maximum absolute atomic E-state index is 14.5. The van der Waals surface area contributed by atoms with Crippen LogP contribution >= 0.6 is 0 Å². The van der Waals surface area contributed by atoms with Crippen LogP contribution < -0.4 is 0 Å². The highest BCUT2D eigenvalue weighted by molar-refractivity contribution is 5.25. The molecule has 192 valence electrons. The molecule has 0 N–H and O–H groups in total. The van der Waals surface area contributed by atoms with E-state index in [4.69, 9.17) is 0 Å². The number of hydrogen-bond acceptors (Lipinski definition) is 0. The highest BCUT2D eigenvalue weighted by Gasteiger charge is 2.22. The van der Waals surface area contributed by atoms with Gasteiger partial charge in [-0.1, -0.05) is 115 Å². The summed E-state index contributed by atoms with van der Waals surface area (Å²) in [7, 11) is 0. The van der Waals surface area contributed by atoms with E-state index in [0.717, 1.165) is 49.0 Å². The largest absolute Gasteiger partial charge is 0.207 e. The van der Waals surface area contributed by atoms with Crippen molar-refractivity contribution in [3.05, 3.63) is 46.8 Å². The van der Waals surface area contributed by atoms with Gasteiger partial charge in [0.15, 0.2) is 0 Å². The molecule has 0 spiro atoms. The molecule has 1 saturated carbocycles. The van der Waals surface area contributed by atoms with Gasteiger partial charge in [-0.2, -0.15) is 0 Å². The van der Waals surface area contributed by atoms with Gasteiger partial charge in [-0.15, -0.1) is 0 Å². The molecule has 0 saturated heterocycles.